The highest BCUT2D eigenvalue weighted by Crippen LogP contribution is 2.23. The van der Waals surface area contributed by atoms with E-state index in [2.05, 4.69) is 20.2 Å². The number of ether oxygens (including phenoxy) is 1. The summed E-state index contributed by atoms with van der Waals surface area (Å²) in [5.74, 6) is 1.19. The SMILES string of the molecule is COC(=O)c1ccccc1Nc1cc(N2CCCC2)ncn1. The highest BCUT2D eigenvalue weighted by Gasteiger charge is 2.15. The molecule has 0 spiro atoms. The van der Waals surface area contributed by atoms with Crippen molar-refractivity contribution in [1.29, 1.82) is 0 Å². The fraction of sp³-hybridized carbons (Fsp3) is 0.312. The Labute approximate surface area is 129 Å². The highest BCUT2D eigenvalue weighted by atomic mass is 16.5. The molecule has 1 aromatic carbocycles. The van der Waals surface area contributed by atoms with Gasteiger partial charge in [0.15, 0.2) is 0 Å². The second-order valence-electron chi connectivity index (χ2n) is 5.12. The molecule has 22 heavy (non-hydrogen) atoms. The fourth-order valence-corrected chi connectivity index (χ4v) is 2.55. The van der Waals surface area contributed by atoms with Crippen LogP contribution in [0.4, 0.5) is 17.3 Å². The molecule has 6 nitrogen and oxygen atoms in total. The van der Waals surface area contributed by atoms with Gasteiger partial charge in [0.1, 0.15) is 18.0 Å². The normalized spacial score (nSPS) is 14.0. The van der Waals surface area contributed by atoms with Crippen molar-refractivity contribution in [3.05, 3.63) is 42.2 Å². The maximum Gasteiger partial charge on any atom is 0.339 e. The number of benzene rings is 1. The van der Waals surface area contributed by atoms with Gasteiger partial charge in [-0.2, -0.15) is 0 Å². The first kappa shape index (κ1) is 14.3. The van der Waals surface area contributed by atoms with Crippen LogP contribution in [0.5, 0.6) is 0 Å². The van der Waals surface area contributed by atoms with Gasteiger partial charge in [-0.15, -0.1) is 0 Å². The predicted molar refractivity (Wildman–Crippen MR) is 84.5 cm³/mol. The van der Waals surface area contributed by atoms with Gasteiger partial charge < -0.3 is 15.0 Å². The number of carbonyl (C=O) groups excluding carboxylic acids is 1. The summed E-state index contributed by atoms with van der Waals surface area (Å²) >= 11 is 0. The lowest BCUT2D eigenvalue weighted by molar-refractivity contribution is 0.0602. The number of methoxy groups -OCH3 is 1. The van der Waals surface area contributed by atoms with Crippen LogP contribution in [-0.2, 0) is 4.74 Å². The second-order valence-corrected chi connectivity index (χ2v) is 5.12. The Hall–Kier alpha value is -2.63. The Morgan fingerprint density at radius 3 is 2.77 bits per heavy atom. The molecule has 3 rings (SSSR count). The van der Waals surface area contributed by atoms with Gasteiger partial charge in [-0.25, -0.2) is 14.8 Å². The Morgan fingerprint density at radius 1 is 1.23 bits per heavy atom. The summed E-state index contributed by atoms with van der Waals surface area (Å²) in [6, 6.07) is 9.10. The second kappa shape index (κ2) is 6.43. The van der Waals surface area contributed by atoms with Crippen molar-refractivity contribution >= 4 is 23.3 Å². The van der Waals surface area contributed by atoms with Crippen molar-refractivity contribution < 1.29 is 9.53 Å². The Kier molecular flexibility index (Phi) is 4.18. The van der Waals surface area contributed by atoms with Crippen LogP contribution >= 0.6 is 0 Å². The van der Waals surface area contributed by atoms with Gasteiger partial charge >= 0.3 is 5.97 Å². The summed E-state index contributed by atoms with van der Waals surface area (Å²) in [6.45, 7) is 2.05. The summed E-state index contributed by atoms with van der Waals surface area (Å²) in [7, 11) is 1.37. The number of rotatable bonds is 4. The van der Waals surface area contributed by atoms with Gasteiger partial charge in [-0.3, -0.25) is 0 Å². The van der Waals surface area contributed by atoms with E-state index >= 15 is 0 Å². The van der Waals surface area contributed by atoms with Gasteiger partial charge in [0.2, 0.25) is 0 Å². The molecule has 0 aliphatic carbocycles. The van der Waals surface area contributed by atoms with Crippen LogP contribution in [0.2, 0.25) is 0 Å². The molecule has 0 bridgehead atoms. The molecule has 0 atom stereocenters. The smallest absolute Gasteiger partial charge is 0.339 e. The summed E-state index contributed by atoms with van der Waals surface area (Å²) in [5, 5.41) is 3.17. The van der Waals surface area contributed by atoms with E-state index in [0.717, 1.165) is 18.9 Å². The molecular weight excluding hydrogens is 280 g/mol. The lowest BCUT2D eigenvalue weighted by atomic mass is 10.2. The molecule has 1 N–H and O–H groups in total. The molecule has 0 radical (unpaired) electrons. The number of nitrogens with zero attached hydrogens (tertiary/aromatic N) is 3. The molecule has 1 aromatic heterocycles. The van der Waals surface area contributed by atoms with Gasteiger partial charge in [-0.1, -0.05) is 12.1 Å². The summed E-state index contributed by atoms with van der Waals surface area (Å²) in [6.07, 6.45) is 3.92. The Bertz CT molecular complexity index is 669. The number of aromatic nitrogens is 2. The molecule has 1 aliphatic rings. The predicted octanol–water partition coefficient (Wildman–Crippen LogP) is 2.61. The van der Waals surface area contributed by atoms with Crippen LogP contribution < -0.4 is 10.2 Å². The van der Waals surface area contributed by atoms with E-state index in [1.165, 1.54) is 26.3 Å². The molecule has 114 valence electrons. The molecular formula is C16H18N4O2. The molecule has 6 heteroatoms. The van der Waals surface area contributed by atoms with Crippen molar-refractivity contribution in [1.82, 2.24) is 9.97 Å². The topological polar surface area (TPSA) is 67.3 Å². The van der Waals surface area contributed by atoms with Crippen LogP contribution in [0.3, 0.4) is 0 Å². The average molecular weight is 298 g/mol. The van der Waals surface area contributed by atoms with E-state index in [-0.39, 0.29) is 5.97 Å². The van der Waals surface area contributed by atoms with Gasteiger partial charge in [0.25, 0.3) is 0 Å². The zero-order valence-corrected chi connectivity index (χ0v) is 12.5. The van der Waals surface area contributed by atoms with Crippen molar-refractivity contribution in [3.8, 4) is 0 Å². The van der Waals surface area contributed by atoms with Crippen molar-refractivity contribution in [2.75, 3.05) is 30.4 Å². The zero-order chi connectivity index (χ0) is 15.4. The summed E-state index contributed by atoms with van der Waals surface area (Å²) in [5.41, 5.74) is 1.15. The van der Waals surface area contributed by atoms with Gasteiger partial charge in [0, 0.05) is 19.2 Å². The number of esters is 1. The zero-order valence-electron chi connectivity index (χ0n) is 12.5. The lowest BCUT2D eigenvalue weighted by Crippen LogP contribution is -2.19. The van der Waals surface area contributed by atoms with Crippen LogP contribution in [0, 0.1) is 0 Å². The molecule has 1 aliphatic heterocycles. The van der Waals surface area contributed by atoms with E-state index in [0.29, 0.717) is 17.1 Å². The van der Waals surface area contributed by atoms with Crippen LogP contribution in [0.15, 0.2) is 36.7 Å². The van der Waals surface area contributed by atoms with E-state index in [4.69, 9.17) is 4.74 Å². The third-order valence-corrected chi connectivity index (χ3v) is 3.68. The molecule has 0 amide bonds. The van der Waals surface area contributed by atoms with E-state index in [9.17, 15) is 4.79 Å². The largest absolute Gasteiger partial charge is 0.465 e. The van der Waals surface area contributed by atoms with E-state index in [1.54, 1.807) is 12.1 Å². The number of hydrogen-bond donors (Lipinski definition) is 1. The number of anilines is 3. The first-order valence-corrected chi connectivity index (χ1v) is 7.29. The van der Waals surface area contributed by atoms with Crippen molar-refractivity contribution in [2.24, 2.45) is 0 Å². The van der Waals surface area contributed by atoms with Gasteiger partial charge in [-0.05, 0) is 25.0 Å². The van der Waals surface area contributed by atoms with E-state index in [1.807, 2.05) is 18.2 Å². The highest BCUT2D eigenvalue weighted by molar-refractivity contribution is 5.96. The van der Waals surface area contributed by atoms with Crippen LogP contribution in [-0.4, -0.2) is 36.1 Å². The first-order chi connectivity index (χ1) is 10.8. The Morgan fingerprint density at radius 2 is 2.00 bits per heavy atom. The molecule has 0 unspecified atom stereocenters. The molecule has 2 heterocycles. The molecule has 1 fully saturated rings. The van der Waals surface area contributed by atoms with Crippen molar-refractivity contribution in [3.63, 3.8) is 0 Å². The molecule has 1 saturated heterocycles. The standard InChI is InChI=1S/C16H18N4O2/c1-22-16(21)12-6-2-3-7-13(12)19-14-10-15(18-11-17-14)20-8-4-5-9-20/h2-3,6-7,10-11H,4-5,8-9H2,1H3,(H,17,18,19). The monoisotopic (exact) mass is 298 g/mol. The fourth-order valence-electron chi connectivity index (χ4n) is 2.55. The third kappa shape index (κ3) is 3.00. The number of hydrogen-bond acceptors (Lipinski definition) is 6. The first-order valence-electron chi connectivity index (χ1n) is 7.29. The van der Waals surface area contributed by atoms with Gasteiger partial charge in [0.05, 0.1) is 18.4 Å². The number of para-hydroxylation sites is 1. The van der Waals surface area contributed by atoms with Crippen LogP contribution in [0.25, 0.3) is 0 Å². The van der Waals surface area contributed by atoms with Crippen LogP contribution in [0.1, 0.15) is 23.2 Å². The molecule has 0 saturated carbocycles. The summed E-state index contributed by atoms with van der Waals surface area (Å²) in [4.78, 5) is 22.6. The number of carbonyl (C=O) groups is 1. The number of nitrogens with one attached hydrogen (secondary N) is 1. The average Bonchev–Trinajstić information content (AvgIpc) is 3.09. The minimum Gasteiger partial charge on any atom is -0.465 e. The molecule has 2 aromatic rings. The quantitative estimate of drug-likeness (QED) is 0.875. The maximum atomic E-state index is 11.8. The third-order valence-electron chi connectivity index (χ3n) is 3.68. The van der Waals surface area contributed by atoms with Crippen molar-refractivity contribution in [2.45, 2.75) is 12.8 Å². The maximum absolute atomic E-state index is 11.8. The Balaban J connectivity index is 1.84. The lowest BCUT2D eigenvalue weighted by Gasteiger charge is -2.17. The minimum absolute atomic E-state index is 0.378. The van der Waals surface area contributed by atoms with E-state index < -0.39 is 0 Å². The minimum atomic E-state index is -0.378. The summed E-state index contributed by atoms with van der Waals surface area (Å²) < 4.78 is 4.80.